The summed E-state index contributed by atoms with van der Waals surface area (Å²) in [6.45, 7) is 3.11. The van der Waals surface area contributed by atoms with Crippen LogP contribution in [0.5, 0.6) is 0 Å². The lowest BCUT2D eigenvalue weighted by atomic mass is 9.81. The van der Waals surface area contributed by atoms with Gasteiger partial charge in [0.05, 0.1) is 36.2 Å². The number of methoxy groups -OCH3 is 1. The molecule has 1 saturated heterocycles. The van der Waals surface area contributed by atoms with Crippen molar-refractivity contribution in [1.29, 1.82) is 0 Å². The second-order valence-electron chi connectivity index (χ2n) is 11.7. The predicted octanol–water partition coefficient (Wildman–Crippen LogP) is 5.51. The van der Waals surface area contributed by atoms with Crippen LogP contribution in [-0.4, -0.2) is 62.1 Å². The van der Waals surface area contributed by atoms with Crippen LogP contribution in [0, 0.1) is 11.8 Å². The summed E-state index contributed by atoms with van der Waals surface area (Å²) < 4.78 is 6.97. The monoisotopic (exact) mass is 573 g/mol. The molecule has 5 heterocycles. The van der Waals surface area contributed by atoms with Gasteiger partial charge in [-0.3, -0.25) is 14.3 Å². The van der Waals surface area contributed by atoms with Crippen LogP contribution in [-0.2, 0) is 9.53 Å². The fourth-order valence-corrected chi connectivity index (χ4v) is 6.55. The number of hydrogen-bond acceptors (Lipinski definition) is 8. The zero-order valence-corrected chi connectivity index (χ0v) is 24.3. The molecule has 2 aliphatic rings. The first kappa shape index (κ1) is 27.2. The van der Waals surface area contributed by atoms with Crippen LogP contribution < -0.4 is 5.73 Å². The van der Waals surface area contributed by atoms with E-state index < -0.39 is 0 Å². The quantitative estimate of drug-likeness (QED) is 0.254. The number of benzene rings is 1. The first-order chi connectivity index (χ1) is 21.1. The second-order valence-corrected chi connectivity index (χ2v) is 11.7. The maximum atomic E-state index is 11.8. The van der Waals surface area contributed by atoms with E-state index in [-0.39, 0.29) is 11.9 Å². The van der Waals surface area contributed by atoms with Gasteiger partial charge in [0.2, 0.25) is 0 Å². The Morgan fingerprint density at radius 1 is 0.930 bits per heavy atom. The fourth-order valence-electron chi connectivity index (χ4n) is 6.55. The minimum atomic E-state index is -0.0517. The number of rotatable bonds is 7. The van der Waals surface area contributed by atoms with Crippen molar-refractivity contribution in [2.75, 3.05) is 32.5 Å². The number of nitrogen functional groups attached to an aromatic ring is 1. The van der Waals surface area contributed by atoms with E-state index in [0.717, 1.165) is 84.7 Å². The van der Waals surface area contributed by atoms with Crippen LogP contribution in [0.25, 0.3) is 39.5 Å². The smallest absolute Gasteiger partial charge is 0.308 e. The number of hydrogen-bond donors (Lipinski definition) is 1. The summed E-state index contributed by atoms with van der Waals surface area (Å²) in [6, 6.07) is 22.2. The van der Waals surface area contributed by atoms with Gasteiger partial charge in [-0.1, -0.05) is 30.3 Å². The van der Waals surface area contributed by atoms with Crippen LogP contribution in [0.15, 0.2) is 79.1 Å². The number of nitrogens with two attached hydrogens (primary N) is 1. The fraction of sp³-hybridized carbons (Fsp3) is 0.324. The maximum absolute atomic E-state index is 11.8. The highest BCUT2D eigenvalue weighted by Crippen LogP contribution is 2.35. The molecule has 2 fully saturated rings. The molecule has 0 amide bonds. The van der Waals surface area contributed by atoms with E-state index in [1.807, 2.05) is 53.2 Å². The number of aromatic nitrogens is 5. The van der Waals surface area contributed by atoms with E-state index in [4.69, 9.17) is 25.4 Å². The Morgan fingerprint density at radius 3 is 2.47 bits per heavy atom. The van der Waals surface area contributed by atoms with Crippen molar-refractivity contribution in [3.05, 3.63) is 84.8 Å². The highest BCUT2D eigenvalue weighted by atomic mass is 16.5. The summed E-state index contributed by atoms with van der Waals surface area (Å²) in [5.74, 6) is 2.19. The highest BCUT2D eigenvalue weighted by Gasteiger charge is 2.33. The van der Waals surface area contributed by atoms with E-state index >= 15 is 0 Å². The zero-order valence-electron chi connectivity index (χ0n) is 24.3. The molecule has 4 aromatic heterocycles. The Labute approximate surface area is 250 Å². The third-order valence-corrected chi connectivity index (χ3v) is 8.96. The Balaban J connectivity index is 1.12. The second kappa shape index (κ2) is 11.6. The Hall–Kier alpha value is -4.63. The minimum absolute atomic E-state index is 0.0517. The van der Waals surface area contributed by atoms with Gasteiger partial charge in [-0.2, -0.15) is 0 Å². The number of fused-ring (bicyclic) bond motifs is 1. The molecule has 9 nitrogen and oxygen atoms in total. The van der Waals surface area contributed by atoms with Crippen molar-refractivity contribution >= 4 is 23.0 Å². The summed E-state index contributed by atoms with van der Waals surface area (Å²) in [6.07, 6.45) is 7.67. The number of carbonyl (C=O) groups excluding carboxylic acids is 1. The van der Waals surface area contributed by atoms with Gasteiger partial charge >= 0.3 is 5.97 Å². The number of carbonyl (C=O) groups is 1. The average Bonchev–Trinajstić information content (AvgIpc) is 3.42. The summed E-state index contributed by atoms with van der Waals surface area (Å²) in [4.78, 5) is 33.6. The van der Waals surface area contributed by atoms with Gasteiger partial charge in [0.15, 0.2) is 11.5 Å². The van der Waals surface area contributed by atoms with E-state index in [1.165, 1.54) is 7.11 Å². The SMILES string of the molecule is COC(=O)C1CCC(CN2CC(c3ccc(-n4c(-c5cccnc5N)nc5ccc(-c6ccccc6)nc54)cn3)C2)CC1. The Kier molecular flexibility index (Phi) is 7.32. The summed E-state index contributed by atoms with van der Waals surface area (Å²) in [5.41, 5.74) is 12.5. The lowest BCUT2D eigenvalue weighted by Crippen LogP contribution is -2.47. The number of nitrogens with zero attached hydrogens (tertiary/aromatic N) is 6. The molecule has 1 aromatic carbocycles. The van der Waals surface area contributed by atoms with Crippen LogP contribution in [0.4, 0.5) is 5.82 Å². The van der Waals surface area contributed by atoms with E-state index in [0.29, 0.717) is 23.5 Å². The topological polar surface area (TPSA) is 112 Å². The van der Waals surface area contributed by atoms with Crippen molar-refractivity contribution in [2.24, 2.45) is 11.8 Å². The van der Waals surface area contributed by atoms with Crippen molar-refractivity contribution in [2.45, 2.75) is 31.6 Å². The molecule has 1 saturated carbocycles. The van der Waals surface area contributed by atoms with Gasteiger partial charge in [-0.25, -0.2) is 15.0 Å². The summed E-state index contributed by atoms with van der Waals surface area (Å²) in [7, 11) is 1.49. The first-order valence-electron chi connectivity index (χ1n) is 15.0. The molecular weight excluding hydrogens is 538 g/mol. The zero-order chi connectivity index (χ0) is 29.3. The largest absolute Gasteiger partial charge is 0.469 e. The lowest BCUT2D eigenvalue weighted by Gasteiger charge is -2.42. The average molecular weight is 574 g/mol. The molecule has 0 radical (unpaired) electrons. The van der Waals surface area contributed by atoms with Crippen LogP contribution in [0.1, 0.15) is 37.3 Å². The Bertz CT molecular complexity index is 1740. The predicted molar refractivity (Wildman–Crippen MR) is 166 cm³/mol. The third-order valence-electron chi connectivity index (χ3n) is 8.96. The highest BCUT2D eigenvalue weighted by molar-refractivity contribution is 5.84. The van der Waals surface area contributed by atoms with Crippen LogP contribution in [0.2, 0.25) is 0 Å². The summed E-state index contributed by atoms with van der Waals surface area (Å²) >= 11 is 0. The van der Waals surface area contributed by atoms with Gasteiger partial charge in [0.25, 0.3) is 0 Å². The number of esters is 1. The molecule has 43 heavy (non-hydrogen) atoms. The molecule has 0 atom stereocenters. The number of ether oxygens (including phenoxy) is 1. The van der Waals surface area contributed by atoms with E-state index in [2.05, 4.69) is 34.1 Å². The molecule has 0 bridgehead atoms. The third kappa shape index (κ3) is 5.36. The molecule has 1 aliphatic heterocycles. The molecule has 5 aromatic rings. The van der Waals surface area contributed by atoms with E-state index in [1.54, 1.807) is 6.20 Å². The maximum Gasteiger partial charge on any atom is 0.308 e. The van der Waals surface area contributed by atoms with Crippen molar-refractivity contribution in [3.63, 3.8) is 0 Å². The lowest BCUT2D eigenvalue weighted by molar-refractivity contribution is -0.146. The number of imidazole rings is 1. The van der Waals surface area contributed by atoms with Gasteiger partial charge in [0, 0.05) is 43.0 Å². The molecule has 7 rings (SSSR count). The molecular formula is C34H35N7O2. The van der Waals surface area contributed by atoms with Crippen LogP contribution in [0.3, 0.4) is 0 Å². The van der Waals surface area contributed by atoms with Gasteiger partial charge in [-0.05, 0) is 68.0 Å². The molecule has 9 heteroatoms. The Morgan fingerprint density at radius 2 is 1.74 bits per heavy atom. The van der Waals surface area contributed by atoms with Crippen molar-refractivity contribution in [3.8, 4) is 28.3 Å². The van der Waals surface area contributed by atoms with Gasteiger partial charge in [0.1, 0.15) is 11.3 Å². The molecule has 1 aliphatic carbocycles. The van der Waals surface area contributed by atoms with Gasteiger partial charge in [-0.15, -0.1) is 0 Å². The standard InChI is InChI=1S/C34H35N7O2/c1-43-34(42)24-11-9-22(10-12-24)19-40-20-25(21-40)28-14-13-26(18-37-28)41-32(27-8-5-17-36-31(27)35)39-30-16-15-29(38-33(30)41)23-6-3-2-4-7-23/h2-8,13-18,22,24-25H,9-12,19-21H2,1H3,(H2,35,36). The first-order valence-corrected chi connectivity index (χ1v) is 15.0. The molecule has 2 N–H and O–H groups in total. The van der Waals surface area contributed by atoms with Crippen molar-refractivity contribution < 1.29 is 9.53 Å². The van der Waals surface area contributed by atoms with E-state index in [9.17, 15) is 4.79 Å². The molecule has 0 unspecified atom stereocenters. The molecule has 0 spiro atoms. The normalized spacial score (nSPS) is 19.3. The van der Waals surface area contributed by atoms with Crippen molar-refractivity contribution in [1.82, 2.24) is 29.4 Å². The number of likely N-dealkylation sites (tertiary alicyclic amines) is 1. The minimum Gasteiger partial charge on any atom is -0.469 e. The summed E-state index contributed by atoms with van der Waals surface area (Å²) in [5, 5.41) is 0. The van der Waals surface area contributed by atoms with Crippen LogP contribution >= 0.6 is 0 Å². The number of pyridine rings is 3. The molecule has 218 valence electrons. The van der Waals surface area contributed by atoms with Gasteiger partial charge < -0.3 is 15.4 Å². The number of anilines is 1.